The number of hydrogen-bond donors (Lipinski definition) is 3. The highest BCUT2D eigenvalue weighted by molar-refractivity contribution is 5.53. The summed E-state index contributed by atoms with van der Waals surface area (Å²) in [5, 5.41) is 6.58. The minimum atomic E-state index is -0.248. The molecule has 0 bridgehead atoms. The number of piperazine rings is 1. The molecule has 7 heteroatoms. The van der Waals surface area contributed by atoms with Crippen LogP contribution >= 0.6 is 0 Å². The predicted molar refractivity (Wildman–Crippen MR) is 89.8 cm³/mol. The summed E-state index contributed by atoms with van der Waals surface area (Å²) in [6, 6.07) is 8.76. The van der Waals surface area contributed by atoms with Gasteiger partial charge in [-0.25, -0.2) is 4.39 Å². The summed E-state index contributed by atoms with van der Waals surface area (Å²) < 4.78 is 13.2. The number of nitrogens with two attached hydrogens (primary N) is 1. The number of anilines is 3. The number of nitrogens with one attached hydrogen (secondary N) is 2. The Morgan fingerprint density at radius 2 is 2.26 bits per heavy atom. The standard InChI is InChI=1S/C16H21FN6/c1-11-10-23(6-5-19-11)15-8-14(21-16(18)22-15)20-9-12-3-2-4-13(17)7-12/h2-4,7-8,11,19H,5-6,9-10H2,1H3,(H3,18,20,21,22)/t11-/m1/s1. The number of aromatic nitrogens is 2. The average Bonchev–Trinajstić information content (AvgIpc) is 2.52. The molecule has 0 spiro atoms. The minimum Gasteiger partial charge on any atom is -0.368 e. The van der Waals surface area contributed by atoms with Crippen LogP contribution in [0.4, 0.5) is 22.0 Å². The van der Waals surface area contributed by atoms with Crippen LogP contribution in [0, 0.1) is 5.82 Å². The molecule has 2 aromatic rings. The smallest absolute Gasteiger partial charge is 0.223 e. The molecule has 6 nitrogen and oxygen atoms in total. The van der Waals surface area contributed by atoms with E-state index in [9.17, 15) is 4.39 Å². The van der Waals surface area contributed by atoms with Crippen LogP contribution in [0.3, 0.4) is 0 Å². The first-order valence-electron chi connectivity index (χ1n) is 7.71. The molecule has 1 aliphatic rings. The van der Waals surface area contributed by atoms with Gasteiger partial charge in [-0.3, -0.25) is 0 Å². The van der Waals surface area contributed by atoms with Crippen LogP contribution in [0.15, 0.2) is 30.3 Å². The van der Waals surface area contributed by atoms with Crippen LogP contribution in [0.1, 0.15) is 12.5 Å². The van der Waals surface area contributed by atoms with Crippen LogP contribution in [-0.2, 0) is 6.54 Å². The highest BCUT2D eigenvalue weighted by atomic mass is 19.1. The zero-order valence-corrected chi connectivity index (χ0v) is 13.1. The fourth-order valence-corrected chi connectivity index (χ4v) is 2.69. The fourth-order valence-electron chi connectivity index (χ4n) is 2.69. The quantitative estimate of drug-likeness (QED) is 0.795. The number of rotatable bonds is 4. The number of benzene rings is 1. The van der Waals surface area contributed by atoms with Crippen molar-refractivity contribution in [3.05, 3.63) is 41.7 Å². The van der Waals surface area contributed by atoms with Gasteiger partial charge in [0.25, 0.3) is 0 Å². The van der Waals surface area contributed by atoms with E-state index >= 15 is 0 Å². The maximum atomic E-state index is 13.2. The third kappa shape index (κ3) is 4.07. The molecule has 0 saturated carbocycles. The van der Waals surface area contributed by atoms with E-state index in [2.05, 4.69) is 32.4 Å². The Hall–Kier alpha value is -2.41. The van der Waals surface area contributed by atoms with E-state index in [0.717, 1.165) is 31.0 Å². The van der Waals surface area contributed by atoms with Crippen molar-refractivity contribution in [3.63, 3.8) is 0 Å². The topological polar surface area (TPSA) is 79.1 Å². The molecular weight excluding hydrogens is 295 g/mol. The summed E-state index contributed by atoms with van der Waals surface area (Å²) in [5.41, 5.74) is 6.68. The molecule has 23 heavy (non-hydrogen) atoms. The van der Waals surface area contributed by atoms with Gasteiger partial charge in [0.15, 0.2) is 0 Å². The van der Waals surface area contributed by atoms with E-state index in [1.807, 2.05) is 12.1 Å². The zero-order valence-electron chi connectivity index (χ0n) is 13.1. The molecule has 1 atom stereocenters. The molecule has 0 unspecified atom stereocenters. The molecule has 1 aliphatic heterocycles. The van der Waals surface area contributed by atoms with E-state index < -0.39 is 0 Å². The van der Waals surface area contributed by atoms with Gasteiger partial charge >= 0.3 is 0 Å². The van der Waals surface area contributed by atoms with Gasteiger partial charge in [0, 0.05) is 38.3 Å². The maximum Gasteiger partial charge on any atom is 0.223 e. The van der Waals surface area contributed by atoms with Gasteiger partial charge in [0.05, 0.1) is 0 Å². The lowest BCUT2D eigenvalue weighted by Gasteiger charge is -2.32. The van der Waals surface area contributed by atoms with Crippen molar-refractivity contribution in [1.82, 2.24) is 15.3 Å². The Morgan fingerprint density at radius 1 is 1.39 bits per heavy atom. The van der Waals surface area contributed by atoms with Crippen LogP contribution in [0.5, 0.6) is 0 Å². The van der Waals surface area contributed by atoms with Gasteiger partial charge in [0.1, 0.15) is 17.5 Å². The Labute approximate surface area is 134 Å². The van der Waals surface area contributed by atoms with E-state index in [-0.39, 0.29) is 11.8 Å². The molecular formula is C16H21FN6. The molecule has 0 aliphatic carbocycles. The second-order valence-electron chi connectivity index (χ2n) is 5.75. The molecule has 1 aromatic carbocycles. The van der Waals surface area contributed by atoms with Gasteiger partial charge in [-0.1, -0.05) is 12.1 Å². The summed E-state index contributed by atoms with van der Waals surface area (Å²) >= 11 is 0. The maximum absolute atomic E-state index is 13.2. The molecule has 1 aromatic heterocycles. The van der Waals surface area contributed by atoms with Crippen molar-refractivity contribution in [3.8, 4) is 0 Å². The Balaban J connectivity index is 1.72. The van der Waals surface area contributed by atoms with Crippen LogP contribution in [0.2, 0.25) is 0 Å². The average molecular weight is 316 g/mol. The summed E-state index contributed by atoms with van der Waals surface area (Å²) in [6.07, 6.45) is 0. The van der Waals surface area contributed by atoms with Crippen molar-refractivity contribution in [2.75, 3.05) is 35.6 Å². The Morgan fingerprint density at radius 3 is 3.04 bits per heavy atom. The van der Waals surface area contributed by atoms with Crippen molar-refractivity contribution in [1.29, 1.82) is 0 Å². The predicted octanol–water partition coefficient (Wildman–Crippen LogP) is 1.61. The SMILES string of the molecule is C[C@@H]1CN(c2cc(NCc3cccc(F)c3)nc(N)n2)CCN1. The van der Waals surface area contributed by atoms with Crippen molar-refractivity contribution >= 4 is 17.6 Å². The largest absolute Gasteiger partial charge is 0.368 e. The molecule has 1 fully saturated rings. The second-order valence-corrected chi connectivity index (χ2v) is 5.75. The molecule has 0 amide bonds. The molecule has 122 valence electrons. The van der Waals surface area contributed by atoms with E-state index in [4.69, 9.17) is 5.73 Å². The lowest BCUT2D eigenvalue weighted by atomic mass is 10.2. The summed E-state index contributed by atoms with van der Waals surface area (Å²) in [5.74, 6) is 1.44. The first-order valence-corrected chi connectivity index (χ1v) is 7.71. The van der Waals surface area contributed by atoms with Crippen LogP contribution in [-0.4, -0.2) is 35.6 Å². The van der Waals surface area contributed by atoms with Gasteiger partial charge in [-0.2, -0.15) is 9.97 Å². The molecule has 2 heterocycles. The third-order valence-electron chi connectivity index (χ3n) is 3.79. The number of halogens is 1. The molecule has 4 N–H and O–H groups in total. The van der Waals surface area contributed by atoms with Crippen LogP contribution in [0.25, 0.3) is 0 Å². The summed E-state index contributed by atoms with van der Waals surface area (Å²) in [4.78, 5) is 10.7. The van der Waals surface area contributed by atoms with Crippen molar-refractivity contribution in [2.45, 2.75) is 19.5 Å². The van der Waals surface area contributed by atoms with Gasteiger partial charge in [-0.15, -0.1) is 0 Å². The lowest BCUT2D eigenvalue weighted by Crippen LogP contribution is -2.49. The van der Waals surface area contributed by atoms with Gasteiger partial charge < -0.3 is 21.3 Å². The van der Waals surface area contributed by atoms with E-state index in [1.54, 1.807) is 6.07 Å². The van der Waals surface area contributed by atoms with Crippen molar-refractivity contribution in [2.24, 2.45) is 0 Å². The highest BCUT2D eigenvalue weighted by Gasteiger charge is 2.18. The monoisotopic (exact) mass is 316 g/mol. The third-order valence-corrected chi connectivity index (χ3v) is 3.79. The van der Waals surface area contributed by atoms with E-state index in [1.165, 1.54) is 12.1 Å². The molecule has 3 rings (SSSR count). The number of nitrogen functional groups attached to an aromatic ring is 1. The Bertz CT molecular complexity index is 677. The second kappa shape index (κ2) is 6.78. The van der Waals surface area contributed by atoms with E-state index in [0.29, 0.717) is 18.4 Å². The van der Waals surface area contributed by atoms with Gasteiger partial charge in [-0.05, 0) is 24.6 Å². The first-order chi connectivity index (χ1) is 11.1. The van der Waals surface area contributed by atoms with Gasteiger partial charge in [0.2, 0.25) is 5.95 Å². The van der Waals surface area contributed by atoms with Crippen LogP contribution < -0.4 is 21.3 Å². The lowest BCUT2D eigenvalue weighted by molar-refractivity contribution is 0.482. The number of nitrogens with zero attached hydrogens (tertiary/aromatic N) is 3. The highest BCUT2D eigenvalue weighted by Crippen LogP contribution is 2.19. The Kier molecular flexibility index (Phi) is 4.57. The first kappa shape index (κ1) is 15.5. The molecule has 1 saturated heterocycles. The minimum absolute atomic E-state index is 0.232. The molecule has 0 radical (unpaired) electrons. The zero-order chi connectivity index (χ0) is 16.2. The summed E-state index contributed by atoms with van der Waals surface area (Å²) in [7, 11) is 0. The summed E-state index contributed by atoms with van der Waals surface area (Å²) in [6.45, 7) is 5.28. The fraction of sp³-hybridized carbons (Fsp3) is 0.375. The number of hydrogen-bond acceptors (Lipinski definition) is 6. The normalized spacial score (nSPS) is 18.0. The van der Waals surface area contributed by atoms with Crippen molar-refractivity contribution < 1.29 is 4.39 Å².